The molecule has 1 spiro atoms. The summed E-state index contributed by atoms with van der Waals surface area (Å²) in [5, 5.41) is 12.2. The van der Waals surface area contributed by atoms with Crippen molar-refractivity contribution in [1.29, 1.82) is 0 Å². The topological polar surface area (TPSA) is 89.2 Å². The van der Waals surface area contributed by atoms with Gasteiger partial charge in [-0.15, -0.1) is 10.2 Å². The molecule has 0 bridgehead atoms. The molecule has 3 N–H and O–H groups in total. The van der Waals surface area contributed by atoms with Gasteiger partial charge in [-0.1, -0.05) is 18.6 Å². The first-order valence-electron chi connectivity index (χ1n) is 10.3. The van der Waals surface area contributed by atoms with Gasteiger partial charge in [-0.2, -0.15) is 4.98 Å². The van der Waals surface area contributed by atoms with Crippen molar-refractivity contribution in [2.45, 2.75) is 51.1 Å². The van der Waals surface area contributed by atoms with E-state index >= 15 is 0 Å². The summed E-state index contributed by atoms with van der Waals surface area (Å²) in [5.41, 5.74) is 7.54. The van der Waals surface area contributed by atoms with Crippen LogP contribution in [0.3, 0.4) is 0 Å². The van der Waals surface area contributed by atoms with Gasteiger partial charge in [-0.05, 0) is 71.6 Å². The number of rotatable bonds is 5. The minimum absolute atomic E-state index is 0.317. The quantitative estimate of drug-likeness (QED) is 0.702. The molecule has 2 atom stereocenters. The summed E-state index contributed by atoms with van der Waals surface area (Å²) in [6.45, 7) is 4.14. The van der Waals surface area contributed by atoms with Crippen molar-refractivity contribution in [3.8, 4) is 5.75 Å². The van der Waals surface area contributed by atoms with Gasteiger partial charge in [0.25, 0.3) is 0 Å². The molecule has 1 aliphatic carbocycles. The summed E-state index contributed by atoms with van der Waals surface area (Å²) in [6, 6.07) is 9.24. The number of nitrogen functional groups attached to an aromatic ring is 1. The second-order valence-electron chi connectivity index (χ2n) is 8.24. The molecular weight excluding hydrogens is 432 g/mol. The number of benzene rings is 1. The van der Waals surface area contributed by atoms with E-state index in [1.807, 2.05) is 12.1 Å². The van der Waals surface area contributed by atoms with E-state index in [0.717, 1.165) is 31.7 Å². The zero-order valence-electron chi connectivity index (χ0n) is 17.1. The second-order valence-corrected chi connectivity index (χ2v) is 8.99. The summed E-state index contributed by atoms with van der Waals surface area (Å²) in [6.07, 6.45) is 6.09. The lowest BCUT2D eigenvalue weighted by Gasteiger charge is -2.44. The van der Waals surface area contributed by atoms with Crippen LogP contribution in [0.5, 0.6) is 5.75 Å². The van der Waals surface area contributed by atoms with Crippen molar-refractivity contribution >= 4 is 27.7 Å². The van der Waals surface area contributed by atoms with Crippen molar-refractivity contribution < 1.29 is 4.74 Å². The largest absolute Gasteiger partial charge is 0.497 e. The Morgan fingerprint density at radius 1 is 1.21 bits per heavy atom. The number of hydrogen-bond acceptors (Lipinski definition) is 7. The number of ether oxygens (including phenoxy) is 1. The van der Waals surface area contributed by atoms with Crippen molar-refractivity contribution in [3.63, 3.8) is 0 Å². The number of hydrogen-bond donors (Lipinski definition) is 2. The molecule has 2 aliphatic rings. The summed E-state index contributed by atoms with van der Waals surface area (Å²) < 4.78 is 5.78. The van der Waals surface area contributed by atoms with Crippen molar-refractivity contribution in [2.75, 3.05) is 30.8 Å². The van der Waals surface area contributed by atoms with Gasteiger partial charge in [-0.25, -0.2) is 0 Å². The van der Waals surface area contributed by atoms with Gasteiger partial charge in [0.2, 0.25) is 5.95 Å². The molecule has 2 heterocycles. The minimum Gasteiger partial charge on any atom is -0.497 e. The van der Waals surface area contributed by atoms with Crippen LogP contribution in [-0.2, 0) is 0 Å². The van der Waals surface area contributed by atoms with E-state index in [1.54, 1.807) is 7.11 Å². The van der Waals surface area contributed by atoms with Crippen LogP contribution in [0.4, 0.5) is 11.8 Å². The van der Waals surface area contributed by atoms with Crippen LogP contribution in [-0.4, -0.2) is 41.4 Å². The molecule has 1 saturated heterocycles. The molecule has 2 fully saturated rings. The van der Waals surface area contributed by atoms with Gasteiger partial charge in [0.05, 0.1) is 7.11 Å². The number of methoxy groups -OCH3 is 1. The standard InChI is InChI=1S/C21H29BrN6O/c1-14(15-5-7-16(29-2)8-6-15)24-17-4-3-9-21(17)10-12-28(13-11-21)20-25-19(23)18(22)26-27-20/h5-8,14,17,24H,3-4,9-13H2,1-2H3,(H2,23,25,27)/t14-,17-/m1/s1. The highest BCUT2D eigenvalue weighted by atomic mass is 79.9. The minimum atomic E-state index is 0.317. The number of halogens is 1. The van der Waals surface area contributed by atoms with Crippen molar-refractivity contribution in [2.24, 2.45) is 5.41 Å². The highest BCUT2D eigenvalue weighted by Gasteiger charge is 2.45. The third kappa shape index (κ3) is 4.19. The molecule has 1 aromatic carbocycles. The van der Waals surface area contributed by atoms with Gasteiger partial charge in [-0.3, -0.25) is 0 Å². The number of nitrogens with zero attached hydrogens (tertiary/aromatic N) is 4. The average molecular weight is 461 g/mol. The van der Waals surface area contributed by atoms with Crippen LogP contribution in [0.1, 0.15) is 50.6 Å². The maximum absolute atomic E-state index is 5.89. The average Bonchev–Trinajstić information content (AvgIpc) is 3.12. The molecular formula is C21H29BrN6O. The van der Waals surface area contributed by atoms with E-state index in [4.69, 9.17) is 10.5 Å². The molecule has 0 unspecified atom stereocenters. The number of anilines is 2. The maximum atomic E-state index is 5.89. The summed E-state index contributed by atoms with van der Waals surface area (Å²) in [5.74, 6) is 1.93. The predicted molar refractivity (Wildman–Crippen MR) is 118 cm³/mol. The highest BCUT2D eigenvalue weighted by molar-refractivity contribution is 9.10. The van der Waals surface area contributed by atoms with Crippen LogP contribution in [0.25, 0.3) is 0 Å². The van der Waals surface area contributed by atoms with Crippen molar-refractivity contribution in [3.05, 3.63) is 34.4 Å². The van der Waals surface area contributed by atoms with E-state index in [0.29, 0.717) is 33.9 Å². The Morgan fingerprint density at radius 3 is 2.59 bits per heavy atom. The Bertz CT molecular complexity index is 838. The summed E-state index contributed by atoms with van der Waals surface area (Å²) in [7, 11) is 1.70. The van der Waals surface area contributed by atoms with Gasteiger partial charge in [0, 0.05) is 25.2 Å². The monoisotopic (exact) mass is 460 g/mol. The van der Waals surface area contributed by atoms with Crippen LogP contribution in [0.15, 0.2) is 28.9 Å². The zero-order chi connectivity index (χ0) is 20.4. The summed E-state index contributed by atoms with van der Waals surface area (Å²) >= 11 is 3.27. The van der Waals surface area contributed by atoms with Crippen molar-refractivity contribution in [1.82, 2.24) is 20.5 Å². The summed E-state index contributed by atoms with van der Waals surface area (Å²) in [4.78, 5) is 6.60. The Labute approximate surface area is 180 Å². The maximum Gasteiger partial charge on any atom is 0.247 e. The third-order valence-corrected chi connectivity index (χ3v) is 7.24. The van der Waals surface area contributed by atoms with E-state index in [9.17, 15) is 0 Å². The number of nitrogens with two attached hydrogens (primary N) is 1. The third-order valence-electron chi connectivity index (χ3n) is 6.67. The molecule has 1 saturated carbocycles. The molecule has 0 radical (unpaired) electrons. The van der Waals surface area contributed by atoms with Gasteiger partial charge >= 0.3 is 0 Å². The van der Waals surface area contributed by atoms with E-state index in [1.165, 1.54) is 24.8 Å². The molecule has 8 heteroatoms. The molecule has 156 valence electrons. The first-order valence-corrected chi connectivity index (χ1v) is 11.1. The van der Waals surface area contributed by atoms with E-state index in [2.05, 4.69) is 60.4 Å². The molecule has 7 nitrogen and oxygen atoms in total. The number of piperidine rings is 1. The Morgan fingerprint density at radius 2 is 1.93 bits per heavy atom. The Balaban J connectivity index is 1.40. The fraction of sp³-hybridized carbons (Fsp3) is 0.571. The molecule has 0 amide bonds. The zero-order valence-corrected chi connectivity index (χ0v) is 18.7. The first-order chi connectivity index (χ1) is 14.0. The van der Waals surface area contributed by atoms with E-state index < -0.39 is 0 Å². The number of aromatic nitrogens is 3. The molecule has 29 heavy (non-hydrogen) atoms. The Kier molecular flexibility index (Phi) is 5.92. The van der Waals surface area contributed by atoms with Crippen LogP contribution in [0, 0.1) is 5.41 Å². The fourth-order valence-corrected chi connectivity index (χ4v) is 5.06. The SMILES string of the molecule is COc1ccc([C@@H](C)N[C@@H]2CCCC23CCN(c2nnc(Br)c(N)n2)CC3)cc1. The predicted octanol–water partition coefficient (Wildman–Crippen LogP) is 3.71. The first kappa shape index (κ1) is 20.3. The lowest BCUT2D eigenvalue weighted by atomic mass is 9.73. The molecule has 2 aromatic rings. The molecule has 4 rings (SSSR count). The smallest absolute Gasteiger partial charge is 0.247 e. The highest BCUT2D eigenvalue weighted by Crippen LogP contribution is 2.47. The van der Waals surface area contributed by atoms with Gasteiger partial charge in [0.1, 0.15) is 5.75 Å². The van der Waals surface area contributed by atoms with Crippen LogP contribution in [0.2, 0.25) is 0 Å². The van der Waals surface area contributed by atoms with Gasteiger partial charge < -0.3 is 20.7 Å². The van der Waals surface area contributed by atoms with Crippen LogP contribution < -0.4 is 20.7 Å². The lowest BCUT2D eigenvalue weighted by Crippen LogP contribution is -2.49. The van der Waals surface area contributed by atoms with Crippen LogP contribution >= 0.6 is 15.9 Å². The fourth-order valence-electron chi connectivity index (χ4n) is 4.89. The lowest BCUT2D eigenvalue weighted by molar-refractivity contribution is 0.163. The van der Waals surface area contributed by atoms with E-state index in [-0.39, 0.29) is 0 Å². The normalized spacial score (nSPS) is 22.0. The molecule has 1 aromatic heterocycles. The van der Waals surface area contributed by atoms with Gasteiger partial charge in [0.15, 0.2) is 10.4 Å². The number of nitrogens with one attached hydrogen (secondary N) is 1. The Hall–Kier alpha value is -1.93. The molecule has 1 aliphatic heterocycles. The second kappa shape index (κ2) is 8.44.